The van der Waals surface area contributed by atoms with Crippen LogP contribution in [0.2, 0.25) is 0 Å². The van der Waals surface area contributed by atoms with Gasteiger partial charge in [-0.25, -0.2) is 0 Å². The van der Waals surface area contributed by atoms with E-state index < -0.39 is 22.1 Å². The Balaban J connectivity index is 1.67. The number of likely N-dealkylation sites (tertiary alicyclic amines) is 1. The number of amides is 2. The first-order valence-corrected chi connectivity index (χ1v) is 10.4. The average molecular weight is 403 g/mol. The Morgan fingerprint density at radius 3 is 2.43 bits per heavy atom. The monoisotopic (exact) mass is 403 g/mol. The van der Waals surface area contributed by atoms with Crippen LogP contribution in [0.4, 0.5) is 0 Å². The highest BCUT2D eigenvalue weighted by Crippen LogP contribution is 2.23. The number of carbonyl (C=O) groups excluding carboxylic acids is 2. The number of carbonyl (C=O) groups is 2. The zero-order valence-electron chi connectivity index (χ0n) is 15.4. The van der Waals surface area contributed by atoms with E-state index in [9.17, 15) is 18.0 Å². The lowest BCUT2D eigenvalue weighted by molar-refractivity contribution is -0.126. The summed E-state index contributed by atoms with van der Waals surface area (Å²) in [7, 11) is -2.31. The predicted octanol–water partition coefficient (Wildman–Crippen LogP) is 2.37. The molecule has 8 heteroatoms. The van der Waals surface area contributed by atoms with Crippen LogP contribution in [0.5, 0.6) is 5.75 Å². The summed E-state index contributed by atoms with van der Waals surface area (Å²) >= 11 is 0. The molecule has 0 saturated carbocycles. The van der Waals surface area contributed by atoms with Crippen LogP contribution in [0.3, 0.4) is 0 Å². The van der Waals surface area contributed by atoms with Crippen molar-refractivity contribution in [1.29, 1.82) is 0 Å². The molecule has 1 aliphatic heterocycles. The molecular weight excluding hydrogens is 382 g/mol. The summed E-state index contributed by atoms with van der Waals surface area (Å²) in [6.45, 7) is -0.247. The van der Waals surface area contributed by atoms with E-state index in [4.69, 9.17) is 8.92 Å². The van der Waals surface area contributed by atoms with Gasteiger partial charge < -0.3 is 4.74 Å². The highest BCUT2D eigenvalue weighted by molar-refractivity contribution is 7.85. The topological polar surface area (TPSA) is 90.0 Å². The van der Waals surface area contributed by atoms with Gasteiger partial charge in [-0.3, -0.25) is 18.7 Å². The summed E-state index contributed by atoms with van der Waals surface area (Å²) in [4.78, 5) is 26.1. The molecule has 28 heavy (non-hydrogen) atoms. The van der Waals surface area contributed by atoms with Crippen molar-refractivity contribution in [3.8, 4) is 5.75 Å². The first-order valence-electron chi connectivity index (χ1n) is 8.81. The third-order valence-electron chi connectivity index (χ3n) is 4.51. The molecule has 1 saturated heterocycles. The maximum atomic E-state index is 12.7. The minimum atomic E-state index is -3.83. The molecular formula is C20H21NO6S. The largest absolute Gasteiger partial charge is 0.497 e. The van der Waals surface area contributed by atoms with Crippen LogP contribution >= 0.6 is 0 Å². The van der Waals surface area contributed by atoms with Crippen molar-refractivity contribution in [2.45, 2.75) is 24.6 Å². The SMILES string of the molecule is COc1ccc(C(=O)N2C(=O)CCC2COS(=O)(=O)Cc2ccccc2)cc1. The minimum Gasteiger partial charge on any atom is -0.497 e. The van der Waals surface area contributed by atoms with Crippen LogP contribution in [-0.2, 0) is 24.8 Å². The van der Waals surface area contributed by atoms with Crippen molar-refractivity contribution in [1.82, 2.24) is 4.90 Å². The molecule has 1 fully saturated rings. The van der Waals surface area contributed by atoms with Gasteiger partial charge in [0.1, 0.15) is 11.5 Å². The molecule has 2 aromatic carbocycles. The lowest BCUT2D eigenvalue weighted by Gasteiger charge is -2.23. The van der Waals surface area contributed by atoms with Gasteiger partial charge in [0.05, 0.1) is 19.8 Å². The number of ether oxygens (including phenoxy) is 1. The quantitative estimate of drug-likeness (QED) is 0.521. The molecule has 0 bridgehead atoms. The number of hydrogen-bond donors (Lipinski definition) is 0. The molecule has 0 aromatic heterocycles. The summed E-state index contributed by atoms with van der Waals surface area (Å²) in [6, 6.07) is 14.4. The maximum absolute atomic E-state index is 12.7. The summed E-state index contributed by atoms with van der Waals surface area (Å²) < 4.78 is 34.6. The van der Waals surface area contributed by atoms with Gasteiger partial charge in [0.25, 0.3) is 16.0 Å². The van der Waals surface area contributed by atoms with Gasteiger partial charge in [-0.2, -0.15) is 8.42 Å². The van der Waals surface area contributed by atoms with Gasteiger partial charge >= 0.3 is 0 Å². The van der Waals surface area contributed by atoms with Gasteiger partial charge in [-0.05, 0) is 36.2 Å². The Morgan fingerprint density at radius 2 is 1.79 bits per heavy atom. The van der Waals surface area contributed by atoms with Crippen LogP contribution in [-0.4, -0.2) is 44.9 Å². The minimum absolute atomic E-state index is 0.175. The number of benzene rings is 2. The number of nitrogens with zero attached hydrogens (tertiary/aromatic N) is 1. The van der Waals surface area contributed by atoms with Crippen molar-refractivity contribution in [3.63, 3.8) is 0 Å². The van der Waals surface area contributed by atoms with Crippen LogP contribution in [0.25, 0.3) is 0 Å². The standard InChI is InChI=1S/C20H21NO6S/c1-26-18-10-7-16(8-11-18)20(23)21-17(9-12-19(21)22)13-27-28(24,25)14-15-5-3-2-4-6-15/h2-8,10-11,17H,9,12-14H2,1H3. The molecule has 0 N–H and O–H groups in total. The second kappa shape index (κ2) is 8.53. The third-order valence-corrected chi connectivity index (χ3v) is 5.69. The molecule has 1 heterocycles. The normalized spacial score (nSPS) is 17.0. The van der Waals surface area contributed by atoms with Crippen molar-refractivity contribution in [3.05, 3.63) is 65.7 Å². The highest BCUT2D eigenvalue weighted by atomic mass is 32.2. The number of imide groups is 1. The average Bonchev–Trinajstić information content (AvgIpc) is 3.07. The second-order valence-corrected chi connectivity index (χ2v) is 8.10. The fourth-order valence-electron chi connectivity index (χ4n) is 3.06. The summed E-state index contributed by atoms with van der Waals surface area (Å²) in [5, 5.41) is 0. The zero-order chi connectivity index (χ0) is 20.1. The smallest absolute Gasteiger partial charge is 0.271 e. The van der Waals surface area contributed by atoms with Crippen molar-refractivity contribution < 1.29 is 26.9 Å². The van der Waals surface area contributed by atoms with Crippen LogP contribution in [0.15, 0.2) is 54.6 Å². The zero-order valence-corrected chi connectivity index (χ0v) is 16.2. The van der Waals surface area contributed by atoms with Gasteiger partial charge in [-0.15, -0.1) is 0 Å². The molecule has 2 aromatic rings. The predicted molar refractivity (Wildman–Crippen MR) is 102 cm³/mol. The molecule has 0 radical (unpaired) electrons. The van der Waals surface area contributed by atoms with Crippen LogP contribution in [0.1, 0.15) is 28.8 Å². The van der Waals surface area contributed by atoms with Crippen molar-refractivity contribution in [2.75, 3.05) is 13.7 Å². The van der Waals surface area contributed by atoms with Gasteiger partial charge in [0, 0.05) is 12.0 Å². The second-order valence-electron chi connectivity index (χ2n) is 6.46. The molecule has 1 atom stereocenters. The number of rotatable bonds is 7. The van der Waals surface area contributed by atoms with E-state index in [1.54, 1.807) is 54.6 Å². The van der Waals surface area contributed by atoms with Gasteiger partial charge in [-0.1, -0.05) is 30.3 Å². The van der Waals surface area contributed by atoms with Gasteiger partial charge in [0.2, 0.25) is 5.91 Å². The summed E-state index contributed by atoms with van der Waals surface area (Å²) in [5.41, 5.74) is 0.935. The van der Waals surface area contributed by atoms with E-state index in [2.05, 4.69) is 0 Å². The Morgan fingerprint density at radius 1 is 1.11 bits per heavy atom. The van der Waals surface area contributed by atoms with Crippen LogP contribution < -0.4 is 4.74 Å². The molecule has 2 amide bonds. The lowest BCUT2D eigenvalue weighted by atomic mass is 10.1. The van der Waals surface area contributed by atoms with Crippen molar-refractivity contribution >= 4 is 21.9 Å². The van der Waals surface area contributed by atoms with E-state index in [0.717, 1.165) is 4.90 Å². The molecule has 0 aliphatic carbocycles. The Bertz CT molecular complexity index is 940. The fourth-order valence-corrected chi connectivity index (χ4v) is 4.10. The molecule has 1 unspecified atom stereocenters. The number of methoxy groups -OCH3 is 1. The van der Waals surface area contributed by atoms with E-state index >= 15 is 0 Å². The Kier molecular flexibility index (Phi) is 6.11. The molecule has 148 valence electrons. The Labute approximate surface area is 164 Å². The molecule has 1 aliphatic rings. The van der Waals surface area contributed by atoms with E-state index in [-0.39, 0.29) is 24.7 Å². The highest BCUT2D eigenvalue weighted by Gasteiger charge is 2.37. The van der Waals surface area contributed by atoms with E-state index in [0.29, 0.717) is 23.3 Å². The first kappa shape index (κ1) is 20.0. The van der Waals surface area contributed by atoms with E-state index in [1.165, 1.54) is 7.11 Å². The lowest BCUT2D eigenvalue weighted by Crippen LogP contribution is -2.41. The van der Waals surface area contributed by atoms with E-state index in [1.807, 2.05) is 0 Å². The third kappa shape index (κ3) is 4.76. The summed E-state index contributed by atoms with van der Waals surface area (Å²) in [5.74, 6) is -0.480. The van der Waals surface area contributed by atoms with Gasteiger partial charge in [0.15, 0.2) is 0 Å². The van der Waals surface area contributed by atoms with Crippen LogP contribution in [0, 0.1) is 0 Å². The number of hydrogen-bond acceptors (Lipinski definition) is 6. The molecule has 0 spiro atoms. The summed E-state index contributed by atoms with van der Waals surface area (Å²) in [6.07, 6.45) is 0.538. The fraction of sp³-hybridized carbons (Fsp3) is 0.300. The maximum Gasteiger partial charge on any atom is 0.271 e. The van der Waals surface area contributed by atoms with Crippen molar-refractivity contribution in [2.24, 2.45) is 0 Å². The Hall–Kier alpha value is -2.71. The first-order chi connectivity index (χ1) is 13.4. The molecule has 3 rings (SSSR count). The molecule has 7 nitrogen and oxygen atoms in total.